The van der Waals surface area contributed by atoms with Crippen LogP contribution in [-0.2, 0) is 32.0 Å². The average Bonchev–Trinajstić information content (AvgIpc) is 3.20. The van der Waals surface area contributed by atoms with Gasteiger partial charge in [0.25, 0.3) is 0 Å². The molecule has 0 bridgehead atoms. The van der Waals surface area contributed by atoms with E-state index in [9.17, 15) is 19.2 Å². The second-order valence-electron chi connectivity index (χ2n) is 14.4. The second-order valence-corrected chi connectivity index (χ2v) is 14.4. The van der Waals surface area contributed by atoms with E-state index in [1.807, 2.05) is 71.4 Å². The molecule has 2 aliphatic heterocycles. The Bertz CT molecular complexity index is 1580. The van der Waals surface area contributed by atoms with Gasteiger partial charge in [-0.05, 0) is 105 Å². The molecule has 12 heteroatoms. The molecule has 3 aromatic carbocycles. The van der Waals surface area contributed by atoms with Gasteiger partial charge in [-0.25, -0.2) is 11.0 Å². The molecule has 2 fully saturated rings. The lowest BCUT2D eigenvalue weighted by molar-refractivity contribution is -0.135. The van der Waals surface area contributed by atoms with Crippen LogP contribution in [0.3, 0.4) is 0 Å². The summed E-state index contributed by atoms with van der Waals surface area (Å²) in [7, 11) is 1.84. The zero-order valence-electron chi connectivity index (χ0n) is 31.1. The van der Waals surface area contributed by atoms with E-state index < -0.39 is 6.04 Å². The van der Waals surface area contributed by atoms with Crippen LogP contribution in [0.2, 0.25) is 0 Å². The maximum absolute atomic E-state index is 12.8. The van der Waals surface area contributed by atoms with E-state index in [0.717, 1.165) is 99.4 Å². The number of benzene rings is 3. The second kappa shape index (κ2) is 22.0. The van der Waals surface area contributed by atoms with Crippen molar-refractivity contribution in [1.82, 2.24) is 26.1 Å². The van der Waals surface area contributed by atoms with Gasteiger partial charge in [0.15, 0.2) is 0 Å². The summed E-state index contributed by atoms with van der Waals surface area (Å²) in [6.45, 7) is 3.00. The van der Waals surface area contributed by atoms with Gasteiger partial charge in [0.05, 0.1) is 12.1 Å². The molecular formula is C41H58N6O6. The average molecular weight is 731 g/mol. The Morgan fingerprint density at radius 2 is 1.21 bits per heavy atom. The summed E-state index contributed by atoms with van der Waals surface area (Å²) in [6, 6.07) is 23.6. The number of piperidine rings is 2. The quantitative estimate of drug-likeness (QED) is 0.0988. The number of hydrogen-bond acceptors (Lipinski definition) is 8. The number of rotatable bonds is 15. The normalized spacial score (nSPS) is 16.3. The molecule has 7 N–H and O–H groups in total. The largest absolute Gasteiger partial charge is 0.341 e. The first-order valence-corrected chi connectivity index (χ1v) is 19.1. The minimum Gasteiger partial charge on any atom is -0.341 e. The molecule has 2 heterocycles. The van der Waals surface area contributed by atoms with Crippen molar-refractivity contribution in [1.29, 1.82) is 0 Å². The third kappa shape index (κ3) is 13.2. The minimum absolute atomic E-state index is 0.0195. The van der Waals surface area contributed by atoms with Crippen molar-refractivity contribution < 1.29 is 29.6 Å². The number of nitrogens with one attached hydrogen (secondary N) is 3. The van der Waals surface area contributed by atoms with Crippen LogP contribution in [0, 0.1) is 11.8 Å². The molecule has 0 spiro atoms. The fraction of sp³-hybridized carbons (Fsp3) is 0.512. The number of carbonyl (C=O) groups excluding carboxylic acids is 4. The number of amides is 4. The van der Waals surface area contributed by atoms with Gasteiger partial charge in [-0.3, -0.25) is 29.6 Å². The van der Waals surface area contributed by atoms with E-state index in [1.54, 1.807) is 11.0 Å². The molecule has 2 atom stereocenters. The Kier molecular flexibility index (Phi) is 17.2. The van der Waals surface area contributed by atoms with Gasteiger partial charge >= 0.3 is 0 Å². The molecule has 0 saturated carbocycles. The standard InChI is InChI=1S/C22H29N3O3.C19H29N3O3/c23-20(15-18-8-4-7-17-6-1-2-9-19(17)18)22(27)25-13-11-16(12-14-25)5-3-10-21(26)24-28;1-20-17(14-16-6-3-2-4-7-16)19(24)22-12-10-15(11-13-22)8-5-9-18(23)21-25/h1-2,4,6-9,16,20,28H,3,5,10-15,23H2,(H,24,26);2-4,6-7,15,17,20,25H,5,8-14H2,1H3,(H,21,23)/t20-;17-/m11/s1. The van der Waals surface area contributed by atoms with Gasteiger partial charge in [0.2, 0.25) is 23.6 Å². The van der Waals surface area contributed by atoms with Crippen LogP contribution in [0.1, 0.15) is 75.3 Å². The first kappa shape index (κ1) is 41.4. The molecule has 2 saturated heterocycles. The lowest BCUT2D eigenvalue weighted by Gasteiger charge is -2.34. The zero-order chi connectivity index (χ0) is 38.0. The number of likely N-dealkylation sites (N-methyl/N-ethyl adjacent to an activating group) is 1. The molecule has 0 unspecified atom stereocenters. The number of carbonyl (C=O) groups is 4. The van der Waals surface area contributed by atoms with Crippen molar-refractivity contribution >= 4 is 34.4 Å². The molecule has 0 aromatic heterocycles. The smallest absolute Gasteiger partial charge is 0.243 e. The van der Waals surface area contributed by atoms with Crippen molar-refractivity contribution in [3.8, 4) is 0 Å². The SMILES string of the molecule is CN[C@H](Cc1ccccc1)C(=O)N1CCC(CCCC(=O)NO)CC1.N[C@H](Cc1cccc2ccccc12)C(=O)N1CCC(CCCC(=O)NO)CC1. The van der Waals surface area contributed by atoms with E-state index in [0.29, 0.717) is 37.5 Å². The molecular weight excluding hydrogens is 672 g/mol. The summed E-state index contributed by atoms with van der Waals surface area (Å²) in [5, 5.41) is 22.5. The van der Waals surface area contributed by atoms with Gasteiger partial charge in [0, 0.05) is 39.0 Å². The third-order valence-corrected chi connectivity index (χ3v) is 10.7. The summed E-state index contributed by atoms with van der Waals surface area (Å²) >= 11 is 0. The molecule has 3 aromatic rings. The van der Waals surface area contributed by atoms with Crippen LogP contribution in [0.15, 0.2) is 72.8 Å². The Balaban J connectivity index is 0.000000238. The Morgan fingerprint density at radius 1 is 0.698 bits per heavy atom. The van der Waals surface area contributed by atoms with Crippen LogP contribution in [0.4, 0.5) is 0 Å². The Hall–Kier alpha value is -4.36. The summed E-state index contributed by atoms with van der Waals surface area (Å²) in [5.74, 6) is 0.593. The van der Waals surface area contributed by atoms with Crippen LogP contribution >= 0.6 is 0 Å². The summed E-state index contributed by atoms with van der Waals surface area (Å²) in [6.07, 6.45) is 9.21. The minimum atomic E-state index is -0.532. The van der Waals surface area contributed by atoms with Gasteiger partial charge < -0.3 is 20.9 Å². The molecule has 5 rings (SSSR count). The summed E-state index contributed by atoms with van der Waals surface area (Å²) in [5.41, 5.74) is 11.9. The van der Waals surface area contributed by atoms with Gasteiger partial charge in [0.1, 0.15) is 0 Å². The van der Waals surface area contributed by atoms with Crippen molar-refractivity contribution in [2.45, 2.75) is 89.1 Å². The van der Waals surface area contributed by atoms with Crippen LogP contribution in [0.25, 0.3) is 10.8 Å². The van der Waals surface area contributed by atoms with Crippen molar-refractivity contribution in [3.63, 3.8) is 0 Å². The van der Waals surface area contributed by atoms with Crippen LogP contribution in [0.5, 0.6) is 0 Å². The first-order chi connectivity index (χ1) is 25.7. The molecule has 4 amide bonds. The highest BCUT2D eigenvalue weighted by Gasteiger charge is 2.28. The lowest BCUT2D eigenvalue weighted by atomic mass is 9.91. The molecule has 12 nitrogen and oxygen atoms in total. The van der Waals surface area contributed by atoms with E-state index in [1.165, 1.54) is 0 Å². The monoisotopic (exact) mass is 730 g/mol. The van der Waals surface area contributed by atoms with E-state index in [2.05, 4.69) is 23.5 Å². The highest BCUT2D eigenvalue weighted by atomic mass is 16.5. The van der Waals surface area contributed by atoms with E-state index in [-0.39, 0.29) is 29.7 Å². The fourth-order valence-electron chi connectivity index (χ4n) is 7.51. The van der Waals surface area contributed by atoms with E-state index >= 15 is 0 Å². The predicted octanol–water partition coefficient (Wildman–Crippen LogP) is 4.36. The fourth-order valence-corrected chi connectivity index (χ4v) is 7.51. The Labute approximate surface area is 313 Å². The molecule has 288 valence electrons. The topological polar surface area (TPSA) is 177 Å². The maximum atomic E-state index is 12.8. The van der Waals surface area contributed by atoms with E-state index in [4.69, 9.17) is 16.1 Å². The van der Waals surface area contributed by atoms with Crippen molar-refractivity contribution in [3.05, 3.63) is 83.9 Å². The highest BCUT2D eigenvalue weighted by Crippen LogP contribution is 2.25. The summed E-state index contributed by atoms with van der Waals surface area (Å²) < 4.78 is 0. The number of nitrogens with two attached hydrogens (primary N) is 1. The van der Waals surface area contributed by atoms with Gasteiger partial charge in [-0.1, -0.05) is 72.8 Å². The Morgan fingerprint density at radius 3 is 1.75 bits per heavy atom. The van der Waals surface area contributed by atoms with Crippen LogP contribution in [-0.4, -0.2) is 89.2 Å². The number of hydroxylamine groups is 2. The molecule has 0 radical (unpaired) electrons. The van der Waals surface area contributed by atoms with Gasteiger partial charge in [-0.15, -0.1) is 0 Å². The van der Waals surface area contributed by atoms with Crippen molar-refractivity contribution in [2.75, 3.05) is 33.2 Å². The predicted molar refractivity (Wildman–Crippen MR) is 205 cm³/mol. The number of likely N-dealkylation sites (tertiary alicyclic amines) is 2. The van der Waals surface area contributed by atoms with Gasteiger partial charge in [-0.2, -0.15) is 0 Å². The zero-order valence-corrected chi connectivity index (χ0v) is 31.1. The first-order valence-electron chi connectivity index (χ1n) is 19.1. The third-order valence-electron chi connectivity index (χ3n) is 10.7. The molecule has 0 aliphatic carbocycles. The summed E-state index contributed by atoms with van der Waals surface area (Å²) in [4.78, 5) is 51.5. The maximum Gasteiger partial charge on any atom is 0.243 e. The number of nitrogens with zero attached hydrogens (tertiary/aromatic N) is 2. The number of hydrogen-bond donors (Lipinski definition) is 6. The lowest BCUT2D eigenvalue weighted by Crippen LogP contribution is -2.49. The molecule has 53 heavy (non-hydrogen) atoms. The van der Waals surface area contributed by atoms with Crippen molar-refractivity contribution in [2.24, 2.45) is 17.6 Å². The highest BCUT2D eigenvalue weighted by molar-refractivity contribution is 5.87. The van der Waals surface area contributed by atoms with Crippen LogP contribution < -0.4 is 22.0 Å². The molecule has 2 aliphatic rings. The number of fused-ring (bicyclic) bond motifs is 1.